The number of nitrogens with one attached hydrogen (secondary N) is 1. The van der Waals surface area contributed by atoms with Crippen molar-refractivity contribution in [1.29, 1.82) is 0 Å². The minimum atomic E-state index is -2.55. The number of hydrogen-bond donors (Lipinski definition) is 2. The normalized spacial score (nSPS) is 18.6. The van der Waals surface area contributed by atoms with E-state index in [0.29, 0.717) is 31.7 Å². The van der Waals surface area contributed by atoms with Crippen molar-refractivity contribution in [2.45, 2.75) is 64.8 Å². The molecular weight excluding hydrogens is 322 g/mol. The molecular formula is C20H32F2N2O. The zero-order valence-electron chi connectivity index (χ0n) is 16.3. The molecule has 1 atom stereocenters. The van der Waals surface area contributed by atoms with Gasteiger partial charge in [-0.1, -0.05) is 47.6 Å². The smallest absolute Gasteiger partial charge is 0.258 e. The van der Waals surface area contributed by atoms with E-state index in [1.165, 1.54) is 0 Å². The average Bonchev–Trinajstić information content (AvgIpc) is 2.47. The van der Waals surface area contributed by atoms with Crippen LogP contribution >= 0.6 is 0 Å². The molecule has 2 N–H and O–H groups in total. The van der Waals surface area contributed by atoms with Crippen LogP contribution in [0.1, 0.15) is 64.3 Å². The SMILES string of the molecule is CC(C)(C)c1cc([C@@H](C(F)F)N2CCNCC2)c(O)c(C(C)(C)C)c1. The van der Waals surface area contributed by atoms with Crippen molar-refractivity contribution in [1.82, 2.24) is 10.2 Å². The van der Waals surface area contributed by atoms with Crippen LogP contribution in [-0.4, -0.2) is 42.6 Å². The molecule has 0 aliphatic carbocycles. The van der Waals surface area contributed by atoms with Gasteiger partial charge in [0.05, 0.1) is 0 Å². The van der Waals surface area contributed by atoms with E-state index in [1.54, 1.807) is 11.0 Å². The van der Waals surface area contributed by atoms with Gasteiger partial charge in [-0.3, -0.25) is 4.90 Å². The van der Waals surface area contributed by atoms with Crippen LogP contribution in [0.15, 0.2) is 12.1 Å². The third-order valence-corrected chi connectivity index (χ3v) is 4.92. The van der Waals surface area contributed by atoms with Crippen LogP contribution in [-0.2, 0) is 10.8 Å². The molecule has 0 saturated carbocycles. The van der Waals surface area contributed by atoms with Crippen LogP contribution < -0.4 is 5.32 Å². The second-order valence-corrected chi connectivity index (χ2v) is 9.03. The van der Waals surface area contributed by atoms with E-state index in [9.17, 15) is 13.9 Å². The summed E-state index contributed by atoms with van der Waals surface area (Å²) in [5.41, 5.74) is 1.56. The predicted molar refractivity (Wildman–Crippen MR) is 98.7 cm³/mol. The van der Waals surface area contributed by atoms with Crippen molar-refractivity contribution in [2.24, 2.45) is 0 Å². The van der Waals surface area contributed by atoms with Crippen LogP contribution in [0.5, 0.6) is 5.75 Å². The fourth-order valence-electron chi connectivity index (χ4n) is 3.34. The van der Waals surface area contributed by atoms with Gasteiger partial charge in [-0.25, -0.2) is 8.78 Å². The van der Waals surface area contributed by atoms with Crippen molar-refractivity contribution in [3.05, 3.63) is 28.8 Å². The lowest BCUT2D eigenvalue weighted by atomic mass is 9.78. The number of nitrogens with zero attached hydrogens (tertiary/aromatic N) is 1. The Kier molecular flexibility index (Phi) is 5.79. The number of phenolic OH excluding ortho intramolecular Hbond substituents is 1. The Morgan fingerprint density at radius 1 is 1.00 bits per heavy atom. The van der Waals surface area contributed by atoms with Gasteiger partial charge in [-0.15, -0.1) is 0 Å². The molecule has 2 rings (SSSR count). The predicted octanol–water partition coefficient (Wildman–Crippen LogP) is 4.20. The van der Waals surface area contributed by atoms with E-state index in [4.69, 9.17) is 0 Å². The summed E-state index contributed by atoms with van der Waals surface area (Å²) < 4.78 is 28.1. The van der Waals surface area contributed by atoms with Gasteiger partial charge in [-0.2, -0.15) is 0 Å². The van der Waals surface area contributed by atoms with Gasteiger partial charge in [0.2, 0.25) is 0 Å². The standard InChI is InChI=1S/C20H32F2N2O/c1-19(2,3)13-11-14(17(25)15(12-13)20(4,5)6)16(18(21)22)24-9-7-23-8-10-24/h11-12,16,18,23,25H,7-10H2,1-6H3/t16-/m0/s1. The Bertz CT molecular complexity index is 597. The van der Waals surface area contributed by atoms with Crippen LogP contribution in [0.25, 0.3) is 0 Å². The van der Waals surface area contributed by atoms with Gasteiger partial charge in [0.15, 0.2) is 0 Å². The first-order valence-corrected chi connectivity index (χ1v) is 9.03. The first-order valence-electron chi connectivity index (χ1n) is 9.03. The van der Waals surface area contributed by atoms with Crippen LogP contribution in [0.4, 0.5) is 8.78 Å². The summed E-state index contributed by atoms with van der Waals surface area (Å²) in [5.74, 6) is 0.0179. The summed E-state index contributed by atoms with van der Waals surface area (Å²) >= 11 is 0. The van der Waals surface area contributed by atoms with Gasteiger partial charge in [0, 0.05) is 31.7 Å². The highest BCUT2D eigenvalue weighted by Crippen LogP contribution is 2.42. The molecule has 3 nitrogen and oxygen atoms in total. The molecule has 5 heteroatoms. The number of piperazine rings is 1. The summed E-state index contributed by atoms with van der Waals surface area (Å²) in [6.45, 7) is 14.7. The van der Waals surface area contributed by atoms with E-state index in [-0.39, 0.29) is 16.6 Å². The highest BCUT2D eigenvalue weighted by Gasteiger charge is 2.35. The lowest BCUT2D eigenvalue weighted by molar-refractivity contribution is 0.0168. The number of rotatable bonds is 3. The molecule has 0 spiro atoms. The fraction of sp³-hybridized carbons (Fsp3) is 0.700. The Hall–Kier alpha value is -1.20. The minimum absolute atomic E-state index is 0.0179. The molecule has 0 amide bonds. The molecule has 0 radical (unpaired) electrons. The fourth-order valence-corrected chi connectivity index (χ4v) is 3.34. The molecule has 1 fully saturated rings. The Labute approximate surface area is 150 Å². The zero-order valence-corrected chi connectivity index (χ0v) is 16.3. The second kappa shape index (κ2) is 7.20. The summed E-state index contributed by atoms with van der Waals surface area (Å²) in [4.78, 5) is 1.79. The van der Waals surface area contributed by atoms with Crippen molar-refractivity contribution >= 4 is 0 Å². The number of phenols is 1. The third kappa shape index (κ3) is 4.50. The maximum Gasteiger partial charge on any atom is 0.258 e. The first-order chi connectivity index (χ1) is 11.4. The van der Waals surface area contributed by atoms with Gasteiger partial charge >= 0.3 is 0 Å². The quantitative estimate of drug-likeness (QED) is 0.854. The molecule has 1 aliphatic rings. The largest absolute Gasteiger partial charge is 0.507 e. The Balaban J connectivity index is 2.63. The molecule has 1 heterocycles. The van der Waals surface area contributed by atoms with E-state index in [1.807, 2.05) is 26.8 Å². The maximum atomic E-state index is 14.0. The highest BCUT2D eigenvalue weighted by atomic mass is 19.3. The Morgan fingerprint density at radius 2 is 1.56 bits per heavy atom. The van der Waals surface area contributed by atoms with Gasteiger partial charge < -0.3 is 10.4 Å². The summed E-state index contributed by atoms with van der Waals surface area (Å²) in [5, 5.41) is 14.1. The average molecular weight is 354 g/mol. The molecule has 1 aliphatic heterocycles. The number of hydrogen-bond acceptors (Lipinski definition) is 3. The molecule has 0 unspecified atom stereocenters. The molecule has 0 aromatic heterocycles. The molecule has 25 heavy (non-hydrogen) atoms. The number of aromatic hydroxyl groups is 1. The van der Waals surface area contributed by atoms with E-state index < -0.39 is 12.5 Å². The molecule has 1 aromatic rings. The van der Waals surface area contributed by atoms with E-state index in [2.05, 4.69) is 26.1 Å². The van der Waals surface area contributed by atoms with Gasteiger partial charge in [-0.05, 0) is 28.0 Å². The lowest BCUT2D eigenvalue weighted by Crippen LogP contribution is -2.47. The number of benzene rings is 1. The lowest BCUT2D eigenvalue weighted by Gasteiger charge is -2.36. The summed E-state index contributed by atoms with van der Waals surface area (Å²) in [6, 6.07) is 2.67. The summed E-state index contributed by atoms with van der Waals surface area (Å²) in [6.07, 6.45) is -2.55. The van der Waals surface area contributed by atoms with Crippen molar-refractivity contribution < 1.29 is 13.9 Å². The second-order valence-electron chi connectivity index (χ2n) is 9.03. The van der Waals surface area contributed by atoms with Crippen molar-refractivity contribution in [3.63, 3.8) is 0 Å². The van der Waals surface area contributed by atoms with Crippen molar-refractivity contribution in [2.75, 3.05) is 26.2 Å². The van der Waals surface area contributed by atoms with Crippen LogP contribution in [0.2, 0.25) is 0 Å². The molecule has 1 aromatic carbocycles. The topological polar surface area (TPSA) is 35.5 Å². The number of halogens is 2. The molecule has 0 bridgehead atoms. The van der Waals surface area contributed by atoms with Crippen LogP contribution in [0.3, 0.4) is 0 Å². The van der Waals surface area contributed by atoms with Crippen LogP contribution in [0, 0.1) is 0 Å². The number of alkyl halides is 2. The Morgan fingerprint density at radius 3 is 2.00 bits per heavy atom. The minimum Gasteiger partial charge on any atom is -0.507 e. The van der Waals surface area contributed by atoms with Crippen molar-refractivity contribution in [3.8, 4) is 5.75 Å². The monoisotopic (exact) mass is 354 g/mol. The van der Waals surface area contributed by atoms with Gasteiger partial charge in [0.25, 0.3) is 6.43 Å². The first kappa shape index (κ1) is 20.1. The maximum absolute atomic E-state index is 14.0. The molecule has 1 saturated heterocycles. The van der Waals surface area contributed by atoms with E-state index in [0.717, 1.165) is 11.1 Å². The third-order valence-electron chi connectivity index (χ3n) is 4.92. The molecule has 142 valence electrons. The summed E-state index contributed by atoms with van der Waals surface area (Å²) in [7, 11) is 0. The van der Waals surface area contributed by atoms with E-state index >= 15 is 0 Å². The zero-order chi connectivity index (χ0) is 19.0. The van der Waals surface area contributed by atoms with Gasteiger partial charge in [0.1, 0.15) is 11.8 Å². The highest BCUT2D eigenvalue weighted by molar-refractivity contribution is 5.50.